The van der Waals surface area contributed by atoms with Gasteiger partial charge in [0.25, 0.3) is 5.91 Å². The third-order valence-electron chi connectivity index (χ3n) is 6.31. The third-order valence-corrected chi connectivity index (χ3v) is 6.90. The molecule has 3 rings (SSSR count). The summed E-state index contributed by atoms with van der Waals surface area (Å²) in [5.41, 5.74) is 8.72. The predicted octanol–water partition coefficient (Wildman–Crippen LogP) is 5.68. The van der Waals surface area contributed by atoms with Gasteiger partial charge in [0.05, 0.1) is 17.3 Å². The number of nitrogens with one attached hydrogen (secondary N) is 3. The van der Waals surface area contributed by atoms with Gasteiger partial charge < -0.3 is 20.1 Å². The van der Waals surface area contributed by atoms with E-state index in [1.54, 1.807) is 12.1 Å². The summed E-state index contributed by atoms with van der Waals surface area (Å²) in [6.45, 7) is 12.3. The van der Waals surface area contributed by atoms with Crippen LogP contribution in [-0.4, -0.2) is 37.1 Å². The van der Waals surface area contributed by atoms with Crippen molar-refractivity contribution in [2.45, 2.75) is 54.0 Å². The molecule has 42 heavy (non-hydrogen) atoms. The molecule has 0 aromatic heterocycles. The van der Waals surface area contributed by atoms with E-state index in [1.165, 1.54) is 11.8 Å². The highest BCUT2D eigenvalue weighted by molar-refractivity contribution is 9.10. The minimum atomic E-state index is -0.890. The number of ether oxygens (including phenoxy) is 2. The maximum absolute atomic E-state index is 12.7. The van der Waals surface area contributed by atoms with Crippen LogP contribution in [0.4, 0.5) is 5.69 Å². The van der Waals surface area contributed by atoms with Gasteiger partial charge in [-0.25, -0.2) is 5.43 Å². The Morgan fingerprint density at radius 3 is 2.24 bits per heavy atom. The number of rotatable bonds is 11. The minimum Gasteiger partial charge on any atom is -0.490 e. The van der Waals surface area contributed by atoms with Crippen molar-refractivity contribution in [3.05, 3.63) is 86.4 Å². The fourth-order valence-corrected chi connectivity index (χ4v) is 4.83. The molecule has 0 aliphatic rings. The van der Waals surface area contributed by atoms with Crippen molar-refractivity contribution in [3.8, 4) is 11.5 Å². The van der Waals surface area contributed by atoms with Crippen molar-refractivity contribution >= 4 is 45.6 Å². The first kappa shape index (κ1) is 32.3. The van der Waals surface area contributed by atoms with Crippen LogP contribution in [0.25, 0.3) is 0 Å². The van der Waals surface area contributed by atoms with Crippen molar-refractivity contribution < 1.29 is 23.9 Å². The number of amides is 3. The molecule has 0 radical (unpaired) electrons. The second-order valence-electron chi connectivity index (χ2n) is 10.2. The molecule has 3 amide bonds. The summed E-state index contributed by atoms with van der Waals surface area (Å²) >= 11 is 3.47. The molecule has 0 fully saturated rings. The second-order valence-corrected chi connectivity index (χ2v) is 11.0. The third kappa shape index (κ3) is 9.17. The molecule has 0 unspecified atom stereocenters. The van der Waals surface area contributed by atoms with Crippen molar-refractivity contribution in [2.24, 2.45) is 5.10 Å². The van der Waals surface area contributed by atoms with E-state index in [2.05, 4.69) is 50.9 Å². The van der Waals surface area contributed by atoms with Crippen LogP contribution >= 0.6 is 15.9 Å². The summed E-state index contributed by atoms with van der Waals surface area (Å²) in [6.07, 6.45) is 1.38. The van der Waals surface area contributed by atoms with Gasteiger partial charge in [0.2, 0.25) is 0 Å². The van der Waals surface area contributed by atoms with Crippen LogP contribution < -0.4 is 25.5 Å². The molecular weight excluding hydrogens is 600 g/mol. The van der Waals surface area contributed by atoms with E-state index >= 15 is 0 Å². The number of halogens is 1. The lowest BCUT2D eigenvalue weighted by molar-refractivity contribution is -0.139. The Morgan fingerprint density at radius 2 is 1.62 bits per heavy atom. The van der Waals surface area contributed by atoms with Crippen LogP contribution in [0.15, 0.2) is 58.1 Å². The molecule has 3 aromatic carbocycles. The average Bonchev–Trinajstić information content (AvgIpc) is 2.93. The molecule has 9 nitrogen and oxygen atoms in total. The van der Waals surface area contributed by atoms with E-state index in [0.717, 1.165) is 27.9 Å². The molecule has 0 saturated carbocycles. The molecule has 3 N–H and O–H groups in total. The SMILES string of the molecule is CCOc1cc(/C=N\NC(=O)C(=O)NCc2ccc(C(C)C)cc2)cc(Br)c1OCC(=O)Nc1c(C)cc(C)cc1C. The summed E-state index contributed by atoms with van der Waals surface area (Å²) in [4.78, 5) is 37.1. The van der Waals surface area contributed by atoms with Gasteiger partial charge in [-0.1, -0.05) is 55.8 Å². The molecule has 0 atom stereocenters. The smallest absolute Gasteiger partial charge is 0.329 e. The molecule has 0 saturated heterocycles. The van der Waals surface area contributed by atoms with E-state index in [0.29, 0.717) is 34.1 Å². The lowest BCUT2D eigenvalue weighted by Crippen LogP contribution is -2.37. The fourth-order valence-electron chi connectivity index (χ4n) is 4.26. The Balaban J connectivity index is 1.58. The van der Waals surface area contributed by atoms with E-state index < -0.39 is 11.8 Å². The largest absolute Gasteiger partial charge is 0.490 e. The quantitative estimate of drug-likeness (QED) is 0.142. The van der Waals surface area contributed by atoms with Gasteiger partial charge >= 0.3 is 11.8 Å². The molecule has 0 aliphatic heterocycles. The number of benzene rings is 3. The number of carbonyl (C=O) groups is 3. The van der Waals surface area contributed by atoms with E-state index in [9.17, 15) is 14.4 Å². The molecule has 222 valence electrons. The molecule has 3 aromatic rings. The van der Waals surface area contributed by atoms with Gasteiger partial charge in [-0.05, 0) is 89.5 Å². The molecular formula is C32H37BrN4O5. The van der Waals surface area contributed by atoms with Gasteiger partial charge in [0.15, 0.2) is 18.1 Å². The maximum atomic E-state index is 12.7. The summed E-state index contributed by atoms with van der Waals surface area (Å²) in [5, 5.41) is 9.40. The first-order valence-corrected chi connectivity index (χ1v) is 14.4. The van der Waals surface area contributed by atoms with Gasteiger partial charge in [-0.2, -0.15) is 5.10 Å². The topological polar surface area (TPSA) is 118 Å². The van der Waals surface area contributed by atoms with Gasteiger partial charge in [-0.3, -0.25) is 14.4 Å². The van der Waals surface area contributed by atoms with Crippen molar-refractivity contribution in [1.29, 1.82) is 0 Å². The second kappa shape index (κ2) is 15.2. The lowest BCUT2D eigenvalue weighted by Gasteiger charge is -2.16. The Labute approximate surface area is 255 Å². The van der Waals surface area contributed by atoms with E-state index in [1.807, 2.05) is 64.1 Å². The Bertz CT molecular complexity index is 1450. The monoisotopic (exact) mass is 636 g/mol. The number of hydrogen-bond acceptors (Lipinski definition) is 6. The maximum Gasteiger partial charge on any atom is 0.329 e. The van der Waals surface area contributed by atoms with Crippen molar-refractivity contribution in [1.82, 2.24) is 10.7 Å². The zero-order chi connectivity index (χ0) is 30.8. The predicted molar refractivity (Wildman–Crippen MR) is 168 cm³/mol. The minimum absolute atomic E-state index is 0.225. The first-order valence-electron chi connectivity index (χ1n) is 13.6. The highest BCUT2D eigenvalue weighted by atomic mass is 79.9. The van der Waals surface area contributed by atoms with Crippen LogP contribution in [0.5, 0.6) is 11.5 Å². The number of aryl methyl sites for hydroxylation is 3. The number of carbonyl (C=O) groups excluding carboxylic acids is 3. The van der Waals surface area contributed by atoms with Crippen LogP contribution in [0, 0.1) is 20.8 Å². The Hall–Kier alpha value is -4.18. The Kier molecular flexibility index (Phi) is 11.7. The summed E-state index contributed by atoms with van der Waals surface area (Å²) < 4.78 is 12.1. The number of anilines is 1. The van der Waals surface area contributed by atoms with Crippen molar-refractivity contribution in [3.63, 3.8) is 0 Å². The zero-order valence-electron chi connectivity index (χ0n) is 24.8. The lowest BCUT2D eigenvalue weighted by atomic mass is 10.0. The van der Waals surface area contributed by atoms with E-state index in [4.69, 9.17) is 9.47 Å². The van der Waals surface area contributed by atoms with E-state index in [-0.39, 0.29) is 19.1 Å². The molecule has 0 bridgehead atoms. The van der Waals surface area contributed by atoms with Crippen molar-refractivity contribution in [2.75, 3.05) is 18.5 Å². The van der Waals surface area contributed by atoms with Gasteiger partial charge in [-0.15, -0.1) is 0 Å². The average molecular weight is 638 g/mol. The Morgan fingerprint density at radius 1 is 0.952 bits per heavy atom. The standard InChI is InChI=1S/C32H37BrN4O5/c1-7-41-27-15-24(17-35-37-32(40)31(39)34-16-23-8-10-25(11-9-23)19(2)3)14-26(33)30(27)42-18-28(38)36-29-21(5)12-20(4)13-22(29)6/h8-15,17,19H,7,16,18H2,1-6H3,(H,34,39)(H,36,38)(H,37,40)/b35-17-. The van der Waals surface area contributed by atoms with Gasteiger partial charge in [0.1, 0.15) is 0 Å². The van der Waals surface area contributed by atoms with Crippen LogP contribution in [0.1, 0.15) is 60.1 Å². The van der Waals surface area contributed by atoms with Crippen LogP contribution in [0.2, 0.25) is 0 Å². The zero-order valence-corrected chi connectivity index (χ0v) is 26.3. The molecule has 10 heteroatoms. The first-order chi connectivity index (χ1) is 20.0. The normalized spacial score (nSPS) is 11.0. The van der Waals surface area contributed by atoms with Gasteiger partial charge in [0, 0.05) is 12.2 Å². The molecule has 0 heterocycles. The summed E-state index contributed by atoms with van der Waals surface area (Å²) in [6, 6.07) is 15.2. The number of nitrogens with zero attached hydrogens (tertiary/aromatic N) is 1. The fraction of sp³-hybridized carbons (Fsp3) is 0.312. The molecule has 0 aliphatic carbocycles. The highest BCUT2D eigenvalue weighted by Crippen LogP contribution is 2.36. The number of hydrogen-bond donors (Lipinski definition) is 3. The summed E-state index contributed by atoms with van der Waals surface area (Å²) in [5.74, 6) is -0.842. The van der Waals surface area contributed by atoms with Crippen LogP contribution in [-0.2, 0) is 20.9 Å². The molecule has 0 spiro atoms. The highest BCUT2D eigenvalue weighted by Gasteiger charge is 2.16. The summed E-state index contributed by atoms with van der Waals surface area (Å²) in [7, 11) is 0. The van der Waals surface area contributed by atoms with Crippen LogP contribution in [0.3, 0.4) is 0 Å². The number of hydrazone groups is 1.